The number of ether oxygens (including phenoxy) is 2. The topological polar surface area (TPSA) is 79.1 Å². The zero-order valence-electron chi connectivity index (χ0n) is 23.0. The zero-order chi connectivity index (χ0) is 27.6. The first kappa shape index (κ1) is 24.9. The van der Waals surface area contributed by atoms with Crippen molar-refractivity contribution in [1.29, 1.82) is 0 Å². The third kappa shape index (κ3) is 3.90. The Kier molecular flexibility index (Phi) is 5.57. The van der Waals surface area contributed by atoms with E-state index in [0.29, 0.717) is 22.7 Å². The Bertz CT molecular complexity index is 1730. The smallest absolute Gasteiger partial charge is 0.207 e. The van der Waals surface area contributed by atoms with Crippen LogP contribution in [0.25, 0.3) is 22.8 Å². The number of hydrogen-bond donors (Lipinski definition) is 0. The van der Waals surface area contributed by atoms with Crippen LogP contribution < -0.4 is 0 Å². The number of hydrogen-bond acceptors (Lipinski definition) is 6. The van der Waals surface area contributed by atoms with Crippen molar-refractivity contribution in [2.75, 3.05) is 0 Å². The average molecular weight is 531 g/mol. The van der Waals surface area contributed by atoms with Crippen LogP contribution in [0.15, 0.2) is 67.0 Å². The van der Waals surface area contributed by atoms with Crippen LogP contribution in [0.5, 0.6) is 0 Å². The lowest BCUT2D eigenvalue weighted by molar-refractivity contribution is -0.163. The Morgan fingerprint density at radius 2 is 1.73 bits per heavy atom. The zero-order valence-corrected chi connectivity index (χ0v) is 23.0. The number of benzene rings is 2. The van der Waals surface area contributed by atoms with Gasteiger partial charge in [0.25, 0.3) is 0 Å². The maximum atomic E-state index is 12.9. The molecule has 0 spiro atoms. The van der Waals surface area contributed by atoms with E-state index in [-0.39, 0.29) is 30.0 Å². The molecular weight excluding hydrogens is 500 g/mol. The summed E-state index contributed by atoms with van der Waals surface area (Å²) in [5.41, 5.74) is 4.61. The fraction of sp³-hybridized carbons (Fsp3) is 0.333. The van der Waals surface area contributed by atoms with Gasteiger partial charge in [0.05, 0.1) is 23.5 Å². The molecule has 2 aromatic heterocycles. The molecular formula is C33H30N4O3. The van der Waals surface area contributed by atoms with Gasteiger partial charge in [-0.2, -0.15) is 0 Å². The Labute approximate surface area is 233 Å². The summed E-state index contributed by atoms with van der Waals surface area (Å²) in [5, 5.41) is 0. The predicted molar refractivity (Wildman–Crippen MR) is 152 cm³/mol. The van der Waals surface area contributed by atoms with Crippen LogP contribution >= 0.6 is 0 Å². The first-order chi connectivity index (χ1) is 19.3. The predicted octanol–water partition coefficient (Wildman–Crippen LogP) is 5.46. The highest BCUT2D eigenvalue weighted by atomic mass is 16.8. The van der Waals surface area contributed by atoms with E-state index in [4.69, 9.17) is 24.4 Å². The van der Waals surface area contributed by atoms with Crippen molar-refractivity contribution in [1.82, 2.24) is 19.5 Å². The van der Waals surface area contributed by atoms with E-state index in [1.807, 2.05) is 74.8 Å². The van der Waals surface area contributed by atoms with Gasteiger partial charge in [-0.15, -0.1) is 0 Å². The fourth-order valence-corrected chi connectivity index (χ4v) is 6.63. The largest absolute Gasteiger partial charge is 0.343 e. The van der Waals surface area contributed by atoms with Crippen LogP contribution in [0.3, 0.4) is 0 Å². The monoisotopic (exact) mass is 530 g/mol. The Morgan fingerprint density at radius 1 is 1.00 bits per heavy atom. The molecule has 40 heavy (non-hydrogen) atoms. The van der Waals surface area contributed by atoms with Gasteiger partial charge in [0.1, 0.15) is 23.5 Å². The molecule has 2 saturated carbocycles. The molecule has 0 radical (unpaired) electrons. The number of fused-ring (bicyclic) bond motifs is 4. The molecule has 3 fully saturated rings. The van der Waals surface area contributed by atoms with Crippen LogP contribution in [0.4, 0.5) is 0 Å². The highest BCUT2D eigenvalue weighted by Crippen LogP contribution is 2.71. The molecule has 7 heteroatoms. The lowest BCUT2D eigenvalue weighted by atomic mass is 9.95. The lowest BCUT2D eigenvalue weighted by Crippen LogP contribution is -2.34. The van der Waals surface area contributed by atoms with Crippen molar-refractivity contribution in [3.63, 3.8) is 0 Å². The van der Waals surface area contributed by atoms with Crippen molar-refractivity contribution in [3.8, 4) is 11.8 Å². The van der Waals surface area contributed by atoms with Gasteiger partial charge >= 0.3 is 0 Å². The van der Waals surface area contributed by atoms with E-state index in [1.165, 1.54) is 0 Å². The summed E-state index contributed by atoms with van der Waals surface area (Å²) in [6, 6.07) is 19.9. The third-order valence-electron chi connectivity index (χ3n) is 8.54. The summed E-state index contributed by atoms with van der Waals surface area (Å²) < 4.78 is 14.8. The minimum Gasteiger partial charge on any atom is -0.343 e. The van der Waals surface area contributed by atoms with Gasteiger partial charge in [0.15, 0.2) is 11.4 Å². The number of rotatable bonds is 4. The summed E-state index contributed by atoms with van der Waals surface area (Å²) in [4.78, 5) is 27.5. The number of aromatic nitrogens is 4. The van der Waals surface area contributed by atoms with Crippen LogP contribution in [0.1, 0.15) is 62.8 Å². The van der Waals surface area contributed by atoms with Gasteiger partial charge in [-0.25, -0.2) is 15.0 Å². The van der Waals surface area contributed by atoms with Crippen LogP contribution in [0.2, 0.25) is 0 Å². The van der Waals surface area contributed by atoms with Crippen molar-refractivity contribution in [2.24, 2.45) is 11.3 Å². The van der Waals surface area contributed by atoms with E-state index >= 15 is 0 Å². The molecule has 2 aliphatic carbocycles. The maximum Gasteiger partial charge on any atom is 0.207 e. The van der Waals surface area contributed by atoms with Crippen molar-refractivity contribution in [2.45, 2.75) is 58.2 Å². The summed E-state index contributed by atoms with van der Waals surface area (Å²) in [6.45, 7) is 7.56. The molecule has 5 atom stereocenters. The van der Waals surface area contributed by atoms with Gasteiger partial charge in [0.2, 0.25) is 5.82 Å². The van der Waals surface area contributed by atoms with E-state index in [9.17, 15) is 4.79 Å². The second-order valence-corrected chi connectivity index (χ2v) is 11.5. The standard InChI is InChI=1S/C33H30N4O3/c1-20(23-13-9-6-10-14-23)17-25-27-31(36-26(35-25)16-15-22-11-7-5-8-12-22)37(19-34-27)28-24-18-33(24,21(2)38)30-29(28)39-32(3,4)40-30/h5-14,17,19,24,28-30H,18H2,1-4H3/b20-17+/t24?,28-,29+,30?,33-/m1/s1. The maximum absolute atomic E-state index is 12.9. The second kappa shape index (κ2) is 8.95. The highest BCUT2D eigenvalue weighted by molar-refractivity contribution is 5.90. The normalized spacial score (nSPS) is 28.1. The SMILES string of the molecule is CC(=O)[C@]12CC1[C@@H](n1cnc3c(/C=C(\C)c4ccccc4)nc(C#Cc4ccccc4)nc31)[C@@H]1OC(C)(C)OC12. The molecule has 3 aliphatic rings. The molecule has 1 aliphatic heterocycles. The van der Waals surface area contributed by atoms with Crippen LogP contribution in [-0.2, 0) is 14.3 Å². The quantitative estimate of drug-likeness (QED) is 0.326. The molecule has 7 rings (SSSR count). The first-order valence-electron chi connectivity index (χ1n) is 13.7. The number of carbonyl (C=O) groups excluding carboxylic acids is 1. The van der Waals surface area contributed by atoms with E-state index in [0.717, 1.165) is 23.1 Å². The number of imidazole rings is 1. The van der Waals surface area contributed by atoms with E-state index in [2.05, 4.69) is 35.5 Å². The summed E-state index contributed by atoms with van der Waals surface area (Å²) in [7, 11) is 0. The number of allylic oxidation sites excluding steroid dienone is 1. The summed E-state index contributed by atoms with van der Waals surface area (Å²) >= 11 is 0. The summed E-state index contributed by atoms with van der Waals surface area (Å²) in [6.07, 6.45) is 4.07. The molecule has 0 bridgehead atoms. The average Bonchev–Trinajstić information content (AvgIpc) is 3.28. The minimum atomic E-state index is -0.762. The first-order valence-corrected chi connectivity index (χ1v) is 13.7. The van der Waals surface area contributed by atoms with Crippen molar-refractivity contribution in [3.05, 3.63) is 89.6 Å². The fourth-order valence-electron chi connectivity index (χ4n) is 6.63. The second-order valence-electron chi connectivity index (χ2n) is 11.5. The lowest BCUT2D eigenvalue weighted by Gasteiger charge is -2.24. The molecule has 2 aromatic carbocycles. The Hall–Kier alpha value is -4.12. The number of carbonyl (C=O) groups is 1. The van der Waals surface area contributed by atoms with Gasteiger partial charge in [0, 0.05) is 5.56 Å². The van der Waals surface area contributed by atoms with Gasteiger partial charge in [-0.05, 0) is 75.3 Å². The van der Waals surface area contributed by atoms with Gasteiger partial charge in [-0.3, -0.25) is 4.79 Å². The van der Waals surface area contributed by atoms with Crippen molar-refractivity contribution < 1.29 is 14.3 Å². The van der Waals surface area contributed by atoms with Crippen LogP contribution in [0, 0.1) is 23.2 Å². The molecule has 3 heterocycles. The van der Waals surface area contributed by atoms with E-state index in [1.54, 1.807) is 6.92 Å². The number of nitrogens with zero attached hydrogens (tertiary/aromatic N) is 4. The number of Topliss-reactive ketones (excluding diaryl/α,β-unsaturated/α-hetero) is 1. The van der Waals surface area contributed by atoms with Crippen LogP contribution in [-0.4, -0.2) is 43.3 Å². The molecule has 4 aromatic rings. The minimum absolute atomic E-state index is 0.104. The Morgan fingerprint density at radius 3 is 2.45 bits per heavy atom. The summed E-state index contributed by atoms with van der Waals surface area (Å²) in [5.74, 6) is 6.27. The highest BCUT2D eigenvalue weighted by Gasteiger charge is 2.78. The van der Waals surface area contributed by atoms with E-state index < -0.39 is 11.2 Å². The molecule has 7 nitrogen and oxygen atoms in total. The molecule has 200 valence electrons. The van der Waals surface area contributed by atoms with Crippen molar-refractivity contribution >= 4 is 28.6 Å². The van der Waals surface area contributed by atoms with Gasteiger partial charge < -0.3 is 14.0 Å². The Balaban J connectivity index is 1.38. The molecule has 0 N–H and O–H groups in total. The molecule has 2 unspecified atom stereocenters. The van der Waals surface area contributed by atoms with Gasteiger partial charge in [-0.1, -0.05) is 54.5 Å². The molecule has 1 saturated heterocycles. The molecule has 0 amide bonds. The number of ketones is 1. The third-order valence-corrected chi connectivity index (χ3v) is 8.54.